The van der Waals surface area contributed by atoms with E-state index in [0.29, 0.717) is 20.6 Å². The number of anilines is 1. The third-order valence-corrected chi connectivity index (χ3v) is 6.13. The van der Waals surface area contributed by atoms with Gasteiger partial charge in [-0.25, -0.2) is 4.90 Å². The SMILES string of the molecule is Cc1cc(/C=C2/SC(=O)N(c3cccc(Cl)c3)C2=O)c(C)n1-c1ccccc1Cl. The van der Waals surface area contributed by atoms with Gasteiger partial charge >= 0.3 is 0 Å². The number of imide groups is 1. The maximum absolute atomic E-state index is 12.9. The van der Waals surface area contributed by atoms with Crippen LogP contribution < -0.4 is 4.90 Å². The van der Waals surface area contributed by atoms with E-state index in [2.05, 4.69) is 0 Å². The second kappa shape index (κ2) is 7.75. The standard InChI is InChI=1S/C22H16Cl2N2O2S/c1-13-10-15(14(2)25(13)19-9-4-3-8-18(19)24)11-20-21(27)26(22(28)29-20)17-7-5-6-16(23)12-17/h3-12H,1-2H3/b20-11+. The quantitative estimate of drug-likeness (QED) is 0.426. The van der Waals surface area contributed by atoms with Crippen LogP contribution in [0.5, 0.6) is 0 Å². The highest BCUT2D eigenvalue weighted by Crippen LogP contribution is 2.37. The predicted molar refractivity (Wildman–Crippen MR) is 120 cm³/mol. The summed E-state index contributed by atoms with van der Waals surface area (Å²) in [4.78, 5) is 26.9. The third kappa shape index (κ3) is 3.62. The number of carbonyl (C=O) groups is 2. The zero-order valence-electron chi connectivity index (χ0n) is 15.6. The van der Waals surface area contributed by atoms with Gasteiger partial charge in [0.15, 0.2) is 0 Å². The van der Waals surface area contributed by atoms with E-state index in [1.165, 1.54) is 0 Å². The van der Waals surface area contributed by atoms with Gasteiger partial charge in [-0.1, -0.05) is 41.4 Å². The molecule has 0 unspecified atom stereocenters. The molecule has 0 spiro atoms. The van der Waals surface area contributed by atoms with Gasteiger partial charge in [0.2, 0.25) is 0 Å². The molecule has 29 heavy (non-hydrogen) atoms. The monoisotopic (exact) mass is 442 g/mol. The van der Waals surface area contributed by atoms with Crippen molar-refractivity contribution in [3.05, 3.63) is 86.5 Å². The normalized spacial score (nSPS) is 15.6. The minimum atomic E-state index is -0.357. The highest BCUT2D eigenvalue weighted by Gasteiger charge is 2.36. The minimum absolute atomic E-state index is 0.344. The molecule has 2 heterocycles. The number of thioether (sulfide) groups is 1. The predicted octanol–water partition coefficient (Wildman–Crippen LogP) is 6.64. The molecular formula is C22H16Cl2N2O2S. The Balaban J connectivity index is 1.73. The van der Waals surface area contributed by atoms with Crippen molar-refractivity contribution in [1.82, 2.24) is 4.57 Å². The molecule has 1 aliphatic rings. The van der Waals surface area contributed by atoms with Crippen molar-refractivity contribution in [2.75, 3.05) is 4.90 Å². The summed E-state index contributed by atoms with van der Waals surface area (Å²) in [6.45, 7) is 3.94. The van der Waals surface area contributed by atoms with E-state index in [4.69, 9.17) is 23.2 Å². The molecule has 0 aliphatic carbocycles. The number of aryl methyl sites for hydroxylation is 1. The first-order valence-corrected chi connectivity index (χ1v) is 10.4. The number of aromatic nitrogens is 1. The lowest BCUT2D eigenvalue weighted by Crippen LogP contribution is -2.27. The Morgan fingerprint density at radius 1 is 0.966 bits per heavy atom. The molecule has 0 bridgehead atoms. The van der Waals surface area contributed by atoms with E-state index in [1.807, 2.05) is 48.7 Å². The third-order valence-electron chi connectivity index (χ3n) is 4.71. The van der Waals surface area contributed by atoms with Gasteiger partial charge in [0.25, 0.3) is 11.1 Å². The maximum atomic E-state index is 12.9. The molecule has 0 N–H and O–H groups in total. The first kappa shape index (κ1) is 19.8. The Bertz CT molecular complexity index is 1180. The van der Waals surface area contributed by atoms with Gasteiger partial charge in [0.1, 0.15) is 0 Å². The van der Waals surface area contributed by atoms with Gasteiger partial charge in [0, 0.05) is 16.4 Å². The van der Waals surface area contributed by atoms with Crippen molar-refractivity contribution < 1.29 is 9.59 Å². The molecule has 1 fully saturated rings. The van der Waals surface area contributed by atoms with E-state index < -0.39 is 0 Å². The lowest BCUT2D eigenvalue weighted by atomic mass is 10.2. The average molecular weight is 443 g/mol. The topological polar surface area (TPSA) is 42.3 Å². The lowest BCUT2D eigenvalue weighted by Gasteiger charge is -2.12. The second-order valence-corrected chi connectivity index (χ2v) is 8.45. The van der Waals surface area contributed by atoms with Crippen LogP contribution >= 0.6 is 35.0 Å². The number of rotatable bonds is 3. The molecule has 0 saturated carbocycles. The van der Waals surface area contributed by atoms with Crippen molar-refractivity contribution in [2.45, 2.75) is 13.8 Å². The van der Waals surface area contributed by atoms with Crippen LogP contribution in [0.25, 0.3) is 11.8 Å². The summed E-state index contributed by atoms with van der Waals surface area (Å²) >= 11 is 13.3. The van der Waals surface area contributed by atoms with Crippen molar-refractivity contribution in [3.63, 3.8) is 0 Å². The molecule has 7 heteroatoms. The summed E-state index contributed by atoms with van der Waals surface area (Å²) in [5, 5.41) is 0.763. The Hall–Kier alpha value is -2.47. The average Bonchev–Trinajstić information content (AvgIpc) is 3.11. The number of benzene rings is 2. The number of hydrogen-bond acceptors (Lipinski definition) is 3. The Labute approximate surface area is 182 Å². The van der Waals surface area contributed by atoms with Crippen LogP contribution in [0.4, 0.5) is 10.5 Å². The fraction of sp³-hybridized carbons (Fsp3) is 0.0909. The lowest BCUT2D eigenvalue weighted by molar-refractivity contribution is -0.113. The molecule has 0 radical (unpaired) electrons. The molecule has 3 aromatic rings. The van der Waals surface area contributed by atoms with Gasteiger partial charge in [-0.3, -0.25) is 9.59 Å². The molecule has 4 rings (SSSR count). The van der Waals surface area contributed by atoms with Gasteiger partial charge in [-0.15, -0.1) is 0 Å². The molecule has 2 aromatic carbocycles. The van der Waals surface area contributed by atoms with E-state index in [0.717, 1.165) is 39.3 Å². The van der Waals surface area contributed by atoms with Crippen molar-refractivity contribution in [2.24, 2.45) is 0 Å². The molecular weight excluding hydrogens is 427 g/mol. The van der Waals surface area contributed by atoms with Crippen LogP contribution in [0.2, 0.25) is 10.0 Å². The van der Waals surface area contributed by atoms with Gasteiger partial charge in [-0.05, 0) is 73.6 Å². The molecule has 4 nitrogen and oxygen atoms in total. The highest BCUT2D eigenvalue weighted by molar-refractivity contribution is 8.19. The Morgan fingerprint density at radius 2 is 1.72 bits per heavy atom. The summed E-state index contributed by atoms with van der Waals surface area (Å²) in [5.41, 5.74) is 4.11. The van der Waals surface area contributed by atoms with Crippen LogP contribution in [0.15, 0.2) is 59.5 Å². The van der Waals surface area contributed by atoms with E-state index in [9.17, 15) is 9.59 Å². The Morgan fingerprint density at radius 3 is 2.45 bits per heavy atom. The first-order valence-electron chi connectivity index (χ1n) is 8.84. The number of hydrogen-bond donors (Lipinski definition) is 0. The second-order valence-electron chi connectivity index (χ2n) is 6.61. The maximum Gasteiger partial charge on any atom is 0.298 e. The summed E-state index contributed by atoms with van der Waals surface area (Å²) in [6.07, 6.45) is 1.76. The molecule has 146 valence electrons. The van der Waals surface area contributed by atoms with Crippen LogP contribution in [0.3, 0.4) is 0 Å². The molecule has 1 aliphatic heterocycles. The van der Waals surface area contributed by atoms with Crippen LogP contribution in [-0.2, 0) is 4.79 Å². The van der Waals surface area contributed by atoms with Crippen molar-refractivity contribution in [3.8, 4) is 5.69 Å². The number of halogens is 2. The van der Waals surface area contributed by atoms with Gasteiger partial charge in [-0.2, -0.15) is 0 Å². The van der Waals surface area contributed by atoms with Crippen LogP contribution in [0.1, 0.15) is 17.0 Å². The largest absolute Gasteiger partial charge is 0.316 e. The summed E-state index contributed by atoms with van der Waals surface area (Å²) in [7, 11) is 0. The minimum Gasteiger partial charge on any atom is -0.316 e. The van der Waals surface area contributed by atoms with Crippen molar-refractivity contribution >= 4 is 57.9 Å². The van der Waals surface area contributed by atoms with Gasteiger partial charge < -0.3 is 4.57 Å². The number of amides is 2. The van der Waals surface area contributed by atoms with Gasteiger partial charge in [0.05, 0.1) is 21.3 Å². The van der Waals surface area contributed by atoms with Crippen LogP contribution in [-0.4, -0.2) is 15.7 Å². The van der Waals surface area contributed by atoms with Crippen LogP contribution in [0, 0.1) is 13.8 Å². The fourth-order valence-corrected chi connectivity index (χ4v) is 4.62. The fourth-order valence-electron chi connectivity index (χ4n) is 3.38. The van der Waals surface area contributed by atoms with Crippen molar-refractivity contribution in [1.29, 1.82) is 0 Å². The summed E-state index contributed by atoms with van der Waals surface area (Å²) in [5.74, 6) is -0.357. The first-order chi connectivity index (χ1) is 13.9. The number of nitrogens with zero attached hydrogens (tertiary/aromatic N) is 2. The van der Waals surface area contributed by atoms with E-state index >= 15 is 0 Å². The van der Waals surface area contributed by atoms with E-state index in [1.54, 1.807) is 30.3 Å². The summed E-state index contributed by atoms with van der Waals surface area (Å²) in [6, 6.07) is 16.3. The Kier molecular flexibility index (Phi) is 5.30. The summed E-state index contributed by atoms with van der Waals surface area (Å²) < 4.78 is 2.04. The zero-order chi connectivity index (χ0) is 20.7. The van der Waals surface area contributed by atoms with E-state index in [-0.39, 0.29) is 11.1 Å². The molecule has 2 amide bonds. The zero-order valence-corrected chi connectivity index (χ0v) is 18.0. The molecule has 1 aromatic heterocycles. The number of para-hydroxylation sites is 1. The molecule has 1 saturated heterocycles. The smallest absolute Gasteiger partial charge is 0.298 e. The molecule has 0 atom stereocenters. The number of carbonyl (C=O) groups excluding carboxylic acids is 2. The highest BCUT2D eigenvalue weighted by atomic mass is 35.5.